The molecule has 3 aliphatic rings. The number of hydroxylamine groups is 1. The minimum absolute atomic E-state index is 0.0311. The number of unbranched alkanes of at least 4 members (excludes halogenated alkanes) is 2. The molecule has 0 aromatic heterocycles. The molecule has 1 spiro atoms. The first-order chi connectivity index (χ1) is 21.3. The molecule has 2 aromatic rings. The number of hydrogen-bond acceptors (Lipinski definition) is 6. The summed E-state index contributed by atoms with van der Waals surface area (Å²) in [5.41, 5.74) is 1.63. The third kappa shape index (κ3) is 5.93. The van der Waals surface area contributed by atoms with Crippen LogP contribution in [-0.4, -0.2) is 56.6 Å². The summed E-state index contributed by atoms with van der Waals surface area (Å²) in [6.07, 6.45) is 5.56. The van der Waals surface area contributed by atoms with Gasteiger partial charge in [0.1, 0.15) is 6.04 Å². The molecule has 1 saturated heterocycles. The van der Waals surface area contributed by atoms with Crippen molar-refractivity contribution in [2.24, 2.45) is 16.7 Å². The molecule has 1 aliphatic heterocycles. The van der Waals surface area contributed by atoms with Gasteiger partial charge in [0.05, 0.1) is 11.8 Å². The fourth-order valence-corrected chi connectivity index (χ4v) is 15.9. The molecule has 2 saturated carbocycles. The van der Waals surface area contributed by atoms with E-state index in [-0.39, 0.29) is 27.7 Å². The summed E-state index contributed by atoms with van der Waals surface area (Å²) in [6, 6.07) is 20.0. The Kier molecular flexibility index (Phi) is 9.75. The highest BCUT2D eigenvalue weighted by Gasteiger charge is 2.72. The van der Waals surface area contributed by atoms with E-state index in [4.69, 9.17) is 4.43 Å². The Morgan fingerprint density at radius 2 is 1.62 bits per heavy atom. The number of fused-ring (bicyclic) bond motifs is 1. The Balaban J connectivity index is 1.14. The molecular weight excluding hydrogens is 601 g/mol. The van der Waals surface area contributed by atoms with Crippen molar-refractivity contribution in [2.45, 2.75) is 103 Å². The highest BCUT2D eigenvalue weighted by Crippen LogP contribution is 2.70. The minimum Gasteiger partial charge on any atom is -0.407 e. The van der Waals surface area contributed by atoms with Crippen molar-refractivity contribution in [3.8, 4) is 11.8 Å². The van der Waals surface area contributed by atoms with Crippen LogP contribution in [0.3, 0.4) is 0 Å². The number of sulfonamides is 1. The van der Waals surface area contributed by atoms with Crippen LogP contribution in [0.2, 0.25) is 5.04 Å². The average molecular weight is 651 g/mol. The summed E-state index contributed by atoms with van der Waals surface area (Å²) in [5, 5.41) is 12.3. The molecule has 5 rings (SSSR count). The molecule has 1 unspecified atom stereocenters. The molecule has 7 nitrogen and oxygen atoms in total. The lowest BCUT2D eigenvalue weighted by Gasteiger charge is -2.43. The molecule has 0 radical (unpaired) electrons. The van der Waals surface area contributed by atoms with Crippen molar-refractivity contribution in [3.63, 3.8) is 0 Å². The average Bonchev–Trinajstić information content (AvgIpc) is 3.48. The van der Waals surface area contributed by atoms with E-state index < -0.39 is 30.3 Å². The van der Waals surface area contributed by atoms with Crippen molar-refractivity contribution in [3.05, 3.63) is 60.7 Å². The lowest BCUT2D eigenvalue weighted by molar-refractivity contribution is -0.134. The van der Waals surface area contributed by atoms with Crippen LogP contribution < -0.4 is 15.9 Å². The van der Waals surface area contributed by atoms with Crippen LogP contribution in [0.4, 0.5) is 0 Å². The number of carbonyl (C=O) groups excluding carboxylic acids is 1. The Bertz CT molecular complexity index is 1470. The standard InChI is InChI=1S/C36H50N2O5SSi/c1-34(2,3)45(29-18-12-10-13-19-29,30-20-14-11-15-21-30)43-25-17-9-7-6-8-16-22-31(37-40)33(39)38-32-26-28-23-24-36(32,35(28,4)5)27-44(38,41)42/h10-15,18-21,28,31-32,37,40H,8-9,16-17,22-27H2,1-5H3/t28-,31-,32?,36-/m0/s1. The van der Waals surface area contributed by atoms with E-state index in [2.05, 4.69) is 100 Å². The SMILES string of the molecule is CC1(C)[C@H]2CC[C@@]13CS(=O)(=O)N(C(=O)[C@H](CCCC#CCCCO[Si](c1ccccc1)(c1ccccc1)C(C)(C)C)NO)C3C2. The summed E-state index contributed by atoms with van der Waals surface area (Å²) < 4.78 is 34.6. The molecule has 3 fully saturated rings. The molecule has 45 heavy (non-hydrogen) atoms. The van der Waals surface area contributed by atoms with Crippen LogP contribution in [0.5, 0.6) is 0 Å². The first kappa shape index (κ1) is 33.9. The highest BCUT2D eigenvalue weighted by molar-refractivity contribution is 7.90. The van der Waals surface area contributed by atoms with Crippen LogP contribution in [0.15, 0.2) is 60.7 Å². The zero-order valence-electron chi connectivity index (χ0n) is 27.5. The number of carbonyl (C=O) groups is 1. The zero-order valence-corrected chi connectivity index (χ0v) is 29.3. The van der Waals surface area contributed by atoms with Crippen molar-refractivity contribution in [1.82, 2.24) is 9.79 Å². The molecule has 2 bridgehead atoms. The van der Waals surface area contributed by atoms with E-state index in [1.54, 1.807) is 0 Å². The Morgan fingerprint density at radius 1 is 1.04 bits per heavy atom. The summed E-state index contributed by atoms with van der Waals surface area (Å²) >= 11 is 0. The molecule has 244 valence electrons. The monoisotopic (exact) mass is 650 g/mol. The Labute approximate surface area is 271 Å². The summed E-state index contributed by atoms with van der Waals surface area (Å²) in [7, 11) is -6.28. The minimum atomic E-state index is -3.72. The second-order valence-corrected chi connectivity index (χ2v) is 20.9. The topological polar surface area (TPSA) is 95.9 Å². The third-order valence-corrected chi connectivity index (χ3v) is 18.1. The first-order valence-electron chi connectivity index (χ1n) is 16.5. The maximum absolute atomic E-state index is 13.5. The molecule has 1 heterocycles. The molecule has 1 amide bonds. The van der Waals surface area contributed by atoms with E-state index in [1.807, 2.05) is 12.1 Å². The van der Waals surface area contributed by atoms with Gasteiger partial charge >= 0.3 is 0 Å². The summed E-state index contributed by atoms with van der Waals surface area (Å²) in [6.45, 7) is 11.8. The van der Waals surface area contributed by atoms with Crippen molar-refractivity contribution in [1.29, 1.82) is 0 Å². The van der Waals surface area contributed by atoms with Gasteiger partial charge in [-0.2, -0.15) is 5.48 Å². The molecular formula is C36H50N2O5SSi. The van der Waals surface area contributed by atoms with Crippen LogP contribution in [0.25, 0.3) is 0 Å². The lowest BCUT2D eigenvalue weighted by atomic mass is 9.69. The number of hydrogen-bond donors (Lipinski definition) is 2. The third-order valence-electron chi connectivity index (χ3n) is 11.2. The van der Waals surface area contributed by atoms with E-state index in [9.17, 15) is 18.4 Å². The molecule has 2 N–H and O–H groups in total. The van der Waals surface area contributed by atoms with Gasteiger partial charge in [0.25, 0.3) is 14.2 Å². The smallest absolute Gasteiger partial charge is 0.261 e. The van der Waals surface area contributed by atoms with Gasteiger partial charge in [0.15, 0.2) is 0 Å². The number of nitrogens with one attached hydrogen (secondary N) is 1. The van der Waals surface area contributed by atoms with Gasteiger partial charge in [-0.25, -0.2) is 12.7 Å². The van der Waals surface area contributed by atoms with Gasteiger partial charge in [0.2, 0.25) is 10.0 Å². The van der Waals surface area contributed by atoms with Crippen LogP contribution >= 0.6 is 0 Å². The van der Waals surface area contributed by atoms with E-state index >= 15 is 0 Å². The van der Waals surface area contributed by atoms with E-state index in [0.29, 0.717) is 38.2 Å². The van der Waals surface area contributed by atoms with Gasteiger partial charge in [-0.15, -0.1) is 11.8 Å². The zero-order chi connectivity index (χ0) is 32.5. The van der Waals surface area contributed by atoms with Crippen molar-refractivity contribution >= 4 is 34.6 Å². The van der Waals surface area contributed by atoms with Crippen LogP contribution in [-0.2, 0) is 19.2 Å². The predicted octanol–water partition coefficient (Wildman–Crippen LogP) is 5.23. The van der Waals surface area contributed by atoms with Crippen LogP contribution in [0, 0.1) is 28.6 Å². The fourth-order valence-electron chi connectivity index (χ4n) is 8.69. The largest absolute Gasteiger partial charge is 0.407 e. The quantitative estimate of drug-likeness (QED) is 0.150. The number of amides is 1. The van der Waals surface area contributed by atoms with E-state index in [0.717, 1.165) is 30.0 Å². The second kappa shape index (κ2) is 13.0. The molecule has 4 atom stereocenters. The maximum Gasteiger partial charge on any atom is 0.261 e. The highest BCUT2D eigenvalue weighted by atomic mass is 32.2. The van der Waals surface area contributed by atoms with Gasteiger partial charge in [0, 0.05) is 24.9 Å². The second-order valence-electron chi connectivity index (χ2n) is 14.8. The van der Waals surface area contributed by atoms with Gasteiger partial charge in [-0.05, 0) is 65.3 Å². The summed E-state index contributed by atoms with van der Waals surface area (Å²) in [4.78, 5) is 13.5. The molecule has 9 heteroatoms. The number of nitrogens with zero attached hydrogens (tertiary/aromatic N) is 1. The van der Waals surface area contributed by atoms with E-state index in [1.165, 1.54) is 10.4 Å². The van der Waals surface area contributed by atoms with Gasteiger partial charge in [-0.3, -0.25) is 4.79 Å². The van der Waals surface area contributed by atoms with Gasteiger partial charge in [-0.1, -0.05) is 95.3 Å². The maximum atomic E-state index is 13.5. The fraction of sp³-hybridized carbons (Fsp3) is 0.583. The number of rotatable bonds is 11. The van der Waals surface area contributed by atoms with Crippen molar-refractivity contribution < 1.29 is 22.8 Å². The normalized spacial score (nSPS) is 25.4. The Hall–Kier alpha value is -2.48. The predicted molar refractivity (Wildman–Crippen MR) is 181 cm³/mol. The van der Waals surface area contributed by atoms with Gasteiger partial charge < -0.3 is 9.63 Å². The Morgan fingerprint density at radius 3 is 2.16 bits per heavy atom. The molecule has 2 aromatic carbocycles. The lowest BCUT2D eigenvalue weighted by Crippen LogP contribution is -2.66. The first-order valence-corrected chi connectivity index (χ1v) is 20.0. The van der Waals surface area contributed by atoms with Crippen molar-refractivity contribution in [2.75, 3.05) is 12.4 Å². The van der Waals surface area contributed by atoms with Crippen LogP contribution in [0.1, 0.15) is 86.0 Å². The molecule has 2 aliphatic carbocycles. The summed E-state index contributed by atoms with van der Waals surface area (Å²) in [5.74, 6) is 6.38. The number of benzene rings is 2.